The van der Waals surface area contributed by atoms with Gasteiger partial charge in [0, 0.05) is 68.0 Å². The number of H-pyrrole nitrogens is 1. The SMILES string of the molecule is C=Cc1cc2c(N3CCC4(CC3)CN(C(=O)OC(C)(C)C)C4)nc(CC3CCN(CCOC)CC3)nc2c(OCC(F)(F)F)c1-c1c(C)ccc2[nH]ncc12. The van der Waals surface area contributed by atoms with Gasteiger partial charge in [-0.05, 0) is 101 Å². The number of ether oxygens (including phenoxy) is 3. The number of fused-ring (bicyclic) bond motifs is 2. The smallest absolute Gasteiger partial charge is 0.422 e. The normalized spacial score (nSPS) is 18.3. The molecule has 11 nitrogen and oxygen atoms in total. The number of aryl methyl sites for hydroxylation is 1. The molecule has 0 aliphatic carbocycles. The van der Waals surface area contributed by atoms with Crippen LogP contribution in [0.15, 0.2) is 31.0 Å². The number of likely N-dealkylation sites (tertiary alicyclic amines) is 2. The average molecular weight is 764 g/mol. The van der Waals surface area contributed by atoms with Crippen molar-refractivity contribution in [2.24, 2.45) is 11.3 Å². The van der Waals surface area contributed by atoms with Crippen LogP contribution in [0.3, 0.4) is 0 Å². The van der Waals surface area contributed by atoms with E-state index in [1.807, 2.05) is 45.9 Å². The van der Waals surface area contributed by atoms with Gasteiger partial charge in [-0.15, -0.1) is 0 Å². The van der Waals surface area contributed by atoms with Gasteiger partial charge in [-0.1, -0.05) is 18.7 Å². The van der Waals surface area contributed by atoms with Gasteiger partial charge in [0.25, 0.3) is 0 Å². The standard InChI is InChI=1S/C41H52F3N7O4/c1-7-28-21-29-35(36(54-25-41(42,43)44)34(28)33-26(2)8-9-31-30(33)22-45-48-31)46-32(20-27-10-14-49(15-11-27)18-19-53-6)47-37(29)50-16-12-40(13-17-50)23-51(24-40)38(52)55-39(3,4)5/h7-9,21-22,27H,1,10-20,23-25H2,2-6H3,(H,45,48). The number of methoxy groups -OCH3 is 1. The Morgan fingerprint density at radius 2 is 1.78 bits per heavy atom. The summed E-state index contributed by atoms with van der Waals surface area (Å²) in [7, 11) is 1.71. The zero-order valence-electron chi connectivity index (χ0n) is 32.5. The highest BCUT2D eigenvalue weighted by atomic mass is 19.4. The Labute approximate surface area is 320 Å². The van der Waals surface area contributed by atoms with E-state index in [1.165, 1.54) is 0 Å². The molecule has 5 heterocycles. The minimum absolute atomic E-state index is 0.0168. The molecule has 1 N–H and O–H groups in total. The molecule has 55 heavy (non-hydrogen) atoms. The molecule has 7 rings (SSSR count). The van der Waals surface area contributed by atoms with Gasteiger partial charge in [-0.3, -0.25) is 5.10 Å². The Morgan fingerprint density at radius 1 is 1.05 bits per heavy atom. The molecule has 3 saturated heterocycles. The van der Waals surface area contributed by atoms with Crippen LogP contribution in [0.4, 0.5) is 23.8 Å². The van der Waals surface area contributed by atoms with E-state index in [0.717, 1.165) is 61.8 Å². The zero-order chi connectivity index (χ0) is 39.1. The second-order valence-corrected chi connectivity index (χ2v) is 16.5. The number of piperidine rings is 2. The van der Waals surface area contributed by atoms with Crippen molar-refractivity contribution >= 4 is 39.8 Å². The number of amides is 1. The first-order chi connectivity index (χ1) is 26.2. The van der Waals surface area contributed by atoms with Crippen molar-refractivity contribution in [3.8, 4) is 16.9 Å². The number of aromatic nitrogens is 4. The van der Waals surface area contributed by atoms with Crippen molar-refractivity contribution in [1.29, 1.82) is 0 Å². The molecule has 296 valence electrons. The van der Waals surface area contributed by atoms with Crippen LogP contribution in [0.25, 0.3) is 39.0 Å². The third kappa shape index (κ3) is 8.40. The summed E-state index contributed by atoms with van der Waals surface area (Å²) < 4.78 is 58.9. The second kappa shape index (κ2) is 15.2. The average Bonchev–Trinajstić information content (AvgIpc) is 3.60. The van der Waals surface area contributed by atoms with Gasteiger partial charge in [-0.2, -0.15) is 18.3 Å². The van der Waals surface area contributed by atoms with E-state index < -0.39 is 18.4 Å². The lowest BCUT2D eigenvalue weighted by Gasteiger charge is -2.53. The van der Waals surface area contributed by atoms with Gasteiger partial charge in [0.1, 0.15) is 22.8 Å². The van der Waals surface area contributed by atoms with Crippen LogP contribution in [-0.2, 0) is 15.9 Å². The third-order valence-corrected chi connectivity index (χ3v) is 11.3. The second-order valence-electron chi connectivity index (χ2n) is 16.5. The molecule has 3 aliphatic heterocycles. The monoisotopic (exact) mass is 763 g/mol. The topological polar surface area (TPSA) is 109 Å². The maximum atomic E-state index is 14.0. The van der Waals surface area contributed by atoms with Crippen LogP contribution in [0.1, 0.15) is 63.4 Å². The van der Waals surface area contributed by atoms with Crippen molar-refractivity contribution in [2.75, 3.05) is 71.0 Å². The van der Waals surface area contributed by atoms with E-state index in [2.05, 4.69) is 26.6 Å². The summed E-state index contributed by atoms with van der Waals surface area (Å²) in [4.78, 5) is 29.4. The minimum Gasteiger partial charge on any atom is -0.481 e. The summed E-state index contributed by atoms with van der Waals surface area (Å²) in [6.45, 7) is 16.2. The molecule has 2 aromatic carbocycles. The van der Waals surface area contributed by atoms with Crippen molar-refractivity contribution in [3.05, 3.63) is 47.9 Å². The fourth-order valence-corrected chi connectivity index (χ4v) is 8.41. The molecule has 1 amide bonds. The Kier molecular flexibility index (Phi) is 10.8. The van der Waals surface area contributed by atoms with Crippen LogP contribution in [-0.4, -0.2) is 114 Å². The Balaban J connectivity index is 1.30. The molecule has 0 atom stereocenters. The third-order valence-electron chi connectivity index (χ3n) is 11.3. The summed E-state index contributed by atoms with van der Waals surface area (Å²) in [6, 6.07) is 5.77. The van der Waals surface area contributed by atoms with E-state index in [1.54, 1.807) is 24.3 Å². The van der Waals surface area contributed by atoms with E-state index in [4.69, 9.17) is 24.2 Å². The summed E-state index contributed by atoms with van der Waals surface area (Å²) in [5.74, 6) is 1.64. The number of hydrogen-bond donors (Lipinski definition) is 1. The van der Waals surface area contributed by atoms with Crippen LogP contribution < -0.4 is 9.64 Å². The molecule has 14 heteroatoms. The first-order valence-electron chi connectivity index (χ1n) is 19.2. The molecule has 0 bridgehead atoms. The highest BCUT2D eigenvalue weighted by molar-refractivity contribution is 6.07. The predicted molar refractivity (Wildman–Crippen MR) is 207 cm³/mol. The number of carbonyl (C=O) groups is 1. The number of aromatic amines is 1. The van der Waals surface area contributed by atoms with Gasteiger partial charge in [0.15, 0.2) is 12.4 Å². The number of rotatable bonds is 10. The molecular weight excluding hydrogens is 711 g/mol. The first kappa shape index (κ1) is 38.8. The maximum absolute atomic E-state index is 14.0. The van der Waals surface area contributed by atoms with E-state index in [0.29, 0.717) is 84.4 Å². The van der Waals surface area contributed by atoms with Crippen molar-refractivity contribution in [3.63, 3.8) is 0 Å². The lowest BCUT2D eigenvalue weighted by atomic mass is 9.72. The maximum Gasteiger partial charge on any atom is 0.422 e. The number of nitrogens with one attached hydrogen (secondary N) is 1. The van der Waals surface area contributed by atoms with E-state index in [-0.39, 0.29) is 17.3 Å². The number of benzene rings is 2. The van der Waals surface area contributed by atoms with Gasteiger partial charge in [0.2, 0.25) is 0 Å². The number of carbonyl (C=O) groups excluding carboxylic acids is 1. The van der Waals surface area contributed by atoms with E-state index >= 15 is 0 Å². The lowest BCUT2D eigenvalue weighted by molar-refractivity contribution is -0.153. The van der Waals surface area contributed by atoms with Crippen LogP contribution >= 0.6 is 0 Å². The van der Waals surface area contributed by atoms with Crippen LogP contribution in [0.5, 0.6) is 5.75 Å². The zero-order valence-corrected chi connectivity index (χ0v) is 32.5. The highest BCUT2D eigenvalue weighted by Gasteiger charge is 2.48. The summed E-state index contributed by atoms with van der Waals surface area (Å²) in [5.41, 5.74) is 3.19. The largest absolute Gasteiger partial charge is 0.481 e. The highest BCUT2D eigenvalue weighted by Crippen LogP contribution is 2.48. The van der Waals surface area contributed by atoms with E-state index in [9.17, 15) is 18.0 Å². The molecular formula is C41H52F3N7O4. The number of alkyl halides is 3. The predicted octanol–water partition coefficient (Wildman–Crippen LogP) is 7.80. The summed E-state index contributed by atoms with van der Waals surface area (Å²) in [6.07, 6.45) is 2.64. The summed E-state index contributed by atoms with van der Waals surface area (Å²) >= 11 is 0. The molecule has 2 aromatic heterocycles. The number of halogens is 3. The Morgan fingerprint density at radius 3 is 2.44 bits per heavy atom. The van der Waals surface area contributed by atoms with Gasteiger partial charge in [-0.25, -0.2) is 14.8 Å². The molecule has 3 aliphatic rings. The fraction of sp³-hybridized carbons (Fsp3) is 0.561. The van der Waals surface area contributed by atoms with Crippen molar-refractivity contribution in [1.82, 2.24) is 30.0 Å². The number of hydrogen-bond acceptors (Lipinski definition) is 9. The fourth-order valence-electron chi connectivity index (χ4n) is 8.41. The van der Waals surface area contributed by atoms with Gasteiger partial charge < -0.3 is 28.9 Å². The first-order valence-corrected chi connectivity index (χ1v) is 19.2. The van der Waals surface area contributed by atoms with Gasteiger partial charge >= 0.3 is 12.3 Å². The minimum atomic E-state index is -4.59. The molecule has 1 spiro atoms. The Hall–Kier alpha value is -4.43. The summed E-state index contributed by atoms with van der Waals surface area (Å²) in [5, 5.41) is 8.62. The van der Waals surface area contributed by atoms with Gasteiger partial charge in [0.05, 0.1) is 18.3 Å². The van der Waals surface area contributed by atoms with Crippen LogP contribution in [0.2, 0.25) is 0 Å². The molecule has 0 saturated carbocycles. The Bertz CT molecular complexity index is 2040. The molecule has 0 unspecified atom stereocenters. The van der Waals surface area contributed by atoms with Crippen molar-refractivity contribution in [2.45, 2.75) is 71.6 Å². The molecule has 3 fully saturated rings. The van der Waals surface area contributed by atoms with Crippen LogP contribution in [0, 0.1) is 18.3 Å². The number of anilines is 1. The lowest BCUT2D eigenvalue weighted by Crippen LogP contribution is -2.62. The molecule has 4 aromatic rings. The quantitative estimate of drug-likeness (QED) is 0.173. The molecule has 0 radical (unpaired) electrons. The number of nitrogens with zero attached hydrogens (tertiary/aromatic N) is 6. The van der Waals surface area contributed by atoms with Crippen molar-refractivity contribution < 1.29 is 32.2 Å².